The summed E-state index contributed by atoms with van der Waals surface area (Å²) in [5.74, 6) is 0.0845. The smallest absolute Gasteiger partial charge is 0.160 e. The molecule has 3 aromatic carbocycles. The third-order valence-corrected chi connectivity index (χ3v) is 16.9. The molecule has 442 valence electrons. The molecule has 6 aliphatic rings. The van der Waals surface area contributed by atoms with E-state index in [1.165, 1.54) is 0 Å². The Hall–Kier alpha value is -4.59. The molecule has 0 radical (unpaired) electrons. The van der Waals surface area contributed by atoms with Crippen molar-refractivity contribution in [3.05, 3.63) is 187 Å². The molecule has 6 aromatic rings. The Morgan fingerprint density at radius 2 is 0.663 bits per heavy atom. The van der Waals surface area contributed by atoms with E-state index in [-0.39, 0.29) is 72.6 Å². The van der Waals surface area contributed by atoms with E-state index in [0.717, 1.165) is 159 Å². The Morgan fingerprint density at radius 3 is 0.892 bits per heavy atom. The molecule has 18 heteroatoms. The minimum Gasteiger partial charge on any atom is -0.314 e. The molecule has 0 saturated carbocycles. The van der Waals surface area contributed by atoms with E-state index in [1.807, 2.05) is 110 Å². The van der Waals surface area contributed by atoms with Crippen LogP contribution in [0.4, 0.5) is 0 Å². The highest BCUT2D eigenvalue weighted by atomic mass is 79.9. The average molecular weight is 1380 g/mol. The number of hydrogen-bond acceptors (Lipinski definition) is 12. The second kappa shape index (κ2) is 30.7. The van der Waals surface area contributed by atoms with E-state index >= 15 is 0 Å². The van der Waals surface area contributed by atoms with E-state index < -0.39 is 0 Å². The molecular weight excluding hydrogens is 1300 g/mol. The summed E-state index contributed by atoms with van der Waals surface area (Å²) >= 11 is 29.4. The molecule has 3 aliphatic carbocycles. The van der Waals surface area contributed by atoms with Crippen LogP contribution in [0.15, 0.2) is 105 Å². The van der Waals surface area contributed by atoms with Gasteiger partial charge in [0.1, 0.15) is 0 Å². The van der Waals surface area contributed by atoms with Gasteiger partial charge in [-0.3, -0.25) is 44.0 Å². The third kappa shape index (κ3) is 15.3. The average Bonchev–Trinajstić information content (AvgIpc) is 3.99. The predicted octanol–water partition coefficient (Wildman–Crippen LogP) is 15.0. The van der Waals surface area contributed by atoms with Gasteiger partial charge in [-0.1, -0.05) is 90.1 Å². The second-order valence-corrected chi connectivity index (χ2v) is 24.0. The summed E-state index contributed by atoms with van der Waals surface area (Å²) in [5.41, 5.74) is 13.9. The summed E-state index contributed by atoms with van der Waals surface area (Å²) in [6.07, 6.45) is 11.3. The fourth-order valence-electron chi connectivity index (χ4n) is 11.4. The fourth-order valence-corrected chi connectivity index (χ4v) is 12.9. The number of allylic oxidation sites excluding steroid dienone is 3. The zero-order valence-electron chi connectivity index (χ0n) is 43.3. The van der Waals surface area contributed by atoms with Crippen molar-refractivity contribution >= 4 is 135 Å². The Bertz CT molecular complexity index is 3070. The standard InChI is InChI=1S/3C20H19BrClN3O.5CH4/c3*1-12(26)17-9-13-8-14(21)11-24-19(13)20(25-6-4-23-5-7-25)16-3-2-15(22)10-18(16)17;;;;;/h3*2-3,8-11,20,23H,4-7H2,1H3;5*1H4/t2*20-;;;;;;/m10....../s1. The number of halogens is 6. The molecule has 3 fully saturated rings. The third-order valence-electron chi connectivity index (χ3n) is 14.9. The number of nitrogens with one attached hydrogen (secondary N) is 3. The lowest BCUT2D eigenvalue weighted by atomic mass is 9.92. The van der Waals surface area contributed by atoms with Crippen molar-refractivity contribution in [2.75, 3.05) is 78.5 Å². The van der Waals surface area contributed by atoms with Gasteiger partial charge in [-0.25, -0.2) is 0 Å². The number of aromatic nitrogens is 3. The number of nitrogens with zero attached hydrogens (tertiary/aromatic N) is 6. The topological polar surface area (TPSA) is 136 Å². The molecule has 3 atom stereocenters. The van der Waals surface area contributed by atoms with Crippen LogP contribution in [0.5, 0.6) is 0 Å². The predicted molar refractivity (Wildman–Crippen MR) is 358 cm³/mol. The highest BCUT2D eigenvalue weighted by Crippen LogP contribution is 2.44. The normalized spacial score (nSPS) is 18.8. The van der Waals surface area contributed by atoms with Crippen LogP contribution in [0.2, 0.25) is 15.1 Å². The zero-order chi connectivity index (χ0) is 54.8. The molecule has 0 spiro atoms. The Kier molecular flexibility index (Phi) is 25.6. The molecule has 0 amide bonds. The first-order chi connectivity index (χ1) is 37.6. The molecule has 83 heavy (non-hydrogen) atoms. The number of pyridine rings is 3. The lowest BCUT2D eigenvalue weighted by molar-refractivity contribution is -0.112. The van der Waals surface area contributed by atoms with Crippen LogP contribution in [0.1, 0.15) is 143 Å². The number of piperazine rings is 3. The van der Waals surface area contributed by atoms with Crippen LogP contribution in [-0.4, -0.2) is 126 Å². The van der Waals surface area contributed by atoms with Crippen LogP contribution in [0.25, 0.3) is 34.9 Å². The number of fused-ring (bicyclic) bond motifs is 6. The minimum atomic E-state index is 0. The molecule has 0 bridgehead atoms. The lowest BCUT2D eigenvalue weighted by Gasteiger charge is -2.35. The van der Waals surface area contributed by atoms with Gasteiger partial charge in [-0.15, -0.1) is 0 Å². The van der Waals surface area contributed by atoms with Gasteiger partial charge in [0.2, 0.25) is 0 Å². The minimum absolute atomic E-state index is 0. The van der Waals surface area contributed by atoms with Gasteiger partial charge >= 0.3 is 0 Å². The monoisotopic (exact) mass is 1370 g/mol. The highest BCUT2D eigenvalue weighted by molar-refractivity contribution is 9.11. The summed E-state index contributed by atoms with van der Waals surface area (Å²) < 4.78 is 2.70. The van der Waals surface area contributed by atoms with Crippen molar-refractivity contribution in [3.8, 4) is 0 Å². The van der Waals surface area contributed by atoms with Crippen molar-refractivity contribution < 1.29 is 14.4 Å². The van der Waals surface area contributed by atoms with Crippen LogP contribution in [0, 0.1) is 0 Å². The summed E-state index contributed by atoms with van der Waals surface area (Å²) in [4.78, 5) is 58.9. The SMILES string of the molecule is C.C.C.C.C.CC(=O)C1=Cc2cc(Br)cnc2C(N2CCNCC2)c2ccc(Cl)cc21.CC(=O)C1=Cc2cc(Br)cnc2[C@@H](N2CCNCC2)c2ccc(Cl)cc21.CC(=O)C1=Cc2cc(Br)cnc2[C@H](N2CCNCC2)c2ccc(Cl)cc21. The van der Waals surface area contributed by atoms with Crippen molar-refractivity contribution in [2.24, 2.45) is 0 Å². The van der Waals surface area contributed by atoms with Gasteiger partial charge in [0, 0.05) is 142 Å². The van der Waals surface area contributed by atoms with E-state index in [0.29, 0.717) is 31.8 Å². The maximum Gasteiger partial charge on any atom is 0.160 e. The van der Waals surface area contributed by atoms with Gasteiger partial charge in [-0.2, -0.15) is 0 Å². The second-order valence-electron chi connectivity index (χ2n) is 20.0. The molecule has 12 rings (SSSR count). The van der Waals surface area contributed by atoms with E-state index in [4.69, 9.17) is 49.8 Å². The molecule has 3 N–H and O–H groups in total. The lowest BCUT2D eigenvalue weighted by Crippen LogP contribution is -2.45. The van der Waals surface area contributed by atoms with Crippen molar-refractivity contribution in [1.82, 2.24) is 45.6 Å². The number of carbonyl (C=O) groups is 3. The molecule has 3 aromatic heterocycles. The van der Waals surface area contributed by atoms with Crippen LogP contribution in [0.3, 0.4) is 0 Å². The number of hydrogen-bond donors (Lipinski definition) is 3. The number of benzene rings is 3. The summed E-state index contributed by atoms with van der Waals surface area (Å²) in [5, 5.41) is 12.1. The van der Waals surface area contributed by atoms with Gasteiger partial charge in [-0.05, 0) is 191 Å². The first-order valence-electron chi connectivity index (χ1n) is 26.0. The largest absolute Gasteiger partial charge is 0.314 e. The first kappa shape index (κ1) is 69.2. The van der Waals surface area contributed by atoms with Gasteiger partial charge in [0.25, 0.3) is 0 Å². The van der Waals surface area contributed by atoms with Crippen LogP contribution >= 0.6 is 82.6 Å². The van der Waals surface area contributed by atoms with E-state index in [2.05, 4.69) is 78.4 Å². The van der Waals surface area contributed by atoms with Gasteiger partial charge < -0.3 is 16.0 Å². The Morgan fingerprint density at radius 1 is 0.422 bits per heavy atom. The number of rotatable bonds is 6. The van der Waals surface area contributed by atoms with E-state index in [1.54, 1.807) is 20.8 Å². The molecular formula is C65H77Br3Cl3N9O3. The molecule has 12 nitrogen and oxygen atoms in total. The first-order valence-corrected chi connectivity index (χ1v) is 29.5. The Balaban J connectivity index is 0.000000221. The summed E-state index contributed by atoms with van der Waals surface area (Å²) in [6.45, 7) is 16.0. The molecule has 1 unspecified atom stereocenters. The molecule has 3 aliphatic heterocycles. The molecule has 6 heterocycles. The number of ketones is 3. The van der Waals surface area contributed by atoms with Gasteiger partial charge in [0.05, 0.1) is 35.2 Å². The maximum absolute atomic E-state index is 12.4. The fraction of sp³-hybridized carbons (Fsp3) is 0.354. The van der Waals surface area contributed by atoms with Crippen molar-refractivity contribution in [2.45, 2.75) is 76.0 Å². The van der Waals surface area contributed by atoms with Crippen molar-refractivity contribution in [3.63, 3.8) is 0 Å². The summed E-state index contributed by atoms with van der Waals surface area (Å²) in [7, 11) is 0. The van der Waals surface area contributed by atoms with Crippen LogP contribution < -0.4 is 16.0 Å². The number of carbonyl (C=O) groups excluding carboxylic acids is 3. The zero-order valence-corrected chi connectivity index (χ0v) is 50.3. The van der Waals surface area contributed by atoms with Crippen LogP contribution in [-0.2, 0) is 14.4 Å². The highest BCUT2D eigenvalue weighted by Gasteiger charge is 2.36. The van der Waals surface area contributed by atoms with E-state index in [9.17, 15) is 14.4 Å². The Labute approximate surface area is 532 Å². The van der Waals surface area contributed by atoms with Gasteiger partial charge in [0.15, 0.2) is 17.3 Å². The summed E-state index contributed by atoms with van der Waals surface area (Å²) in [6, 6.07) is 23.6. The quantitative estimate of drug-likeness (QED) is 0.146. The van der Waals surface area contributed by atoms with Crippen molar-refractivity contribution in [1.29, 1.82) is 0 Å². The molecule has 3 saturated heterocycles. The maximum atomic E-state index is 12.4. The number of Topliss-reactive ketones (excluding diaryl/α,β-unsaturated/α-hetero) is 3.